The second-order valence-corrected chi connectivity index (χ2v) is 5.25. The maximum Gasteiger partial charge on any atom is 0.125 e. The smallest absolute Gasteiger partial charge is 0.125 e. The Morgan fingerprint density at radius 2 is 1.89 bits per heavy atom. The van der Waals surface area contributed by atoms with E-state index < -0.39 is 0 Å². The van der Waals surface area contributed by atoms with Gasteiger partial charge in [0.05, 0.1) is 6.20 Å². The van der Waals surface area contributed by atoms with E-state index in [-0.39, 0.29) is 0 Å². The van der Waals surface area contributed by atoms with Crippen LogP contribution in [0.4, 0.5) is 0 Å². The molecule has 0 aliphatic rings. The summed E-state index contributed by atoms with van der Waals surface area (Å²) in [5, 5.41) is 5.12. The lowest BCUT2D eigenvalue weighted by Crippen LogP contribution is -1.99. The molecule has 0 aliphatic carbocycles. The van der Waals surface area contributed by atoms with E-state index in [4.69, 9.17) is 4.74 Å². The number of hydrogen-bond acceptors (Lipinski definition) is 2. The van der Waals surface area contributed by atoms with Crippen LogP contribution >= 0.6 is 15.9 Å². The summed E-state index contributed by atoms with van der Waals surface area (Å²) in [4.78, 5) is 0. The standard InChI is InChI=1S/C15H19BrN2O/c1-4-18-9-14(8-17-18)10-19-15-11(2)5-13(7-16)6-12(15)3/h5-6,8-9H,4,7,10H2,1-3H3. The van der Waals surface area contributed by atoms with E-state index >= 15 is 0 Å². The quantitative estimate of drug-likeness (QED) is 0.778. The Hall–Kier alpha value is -1.29. The maximum atomic E-state index is 5.94. The Labute approximate surface area is 122 Å². The van der Waals surface area contributed by atoms with Crippen molar-refractivity contribution in [1.82, 2.24) is 9.78 Å². The highest BCUT2D eigenvalue weighted by atomic mass is 79.9. The number of benzene rings is 1. The Morgan fingerprint density at radius 3 is 2.42 bits per heavy atom. The molecular formula is C15H19BrN2O. The van der Waals surface area contributed by atoms with Crippen LogP contribution in [0.3, 0.4) is 0 Å². The van der Waals surface area contributed by atoms with Crippen molar-refractivity contribution in [2.45, 2.75) is 39.3 Å². The SMILES string of the molecule is CCn1cc(COc2c(C)cc(CBr)cc2C)cn1. The van der Waals surface area contributed by atoms with Gasteiger partial charge >= 0.3 is 0 Å². The number of ether oxygens (including phenoxy) is 1. The van der Waals surface area contributed by atoms with Gasteiger partial charge in [-0.2, -0.15) is 5.10 Å². The van der Waals surface area contributed by atoms with Crippen molar-refractivity contribution >= 4 is 15.9 Å². The number of aryl methyl sites for hydroxylation is 3. The Morgan fingerprint density at radius 1 is 1.21 bits per heavy atom. The van der Waals surface area contributed by atoms with Gasteiger partial charge in [-0.15, -0.1) is 0 Å². The van der Waals surface area contributed by atoms with Crippen LogP contribution in [0, 0.1) is 13.8 Å². The lowest BCUT2D eigenvalue weighted by molar-refractivity contribution is 0.301. The first-order valence-corrected chi connectivity index (χ1v) is 7.56. The van der Waals surface area contributed by atoms with Gasteiger partial charge in [-0.25, -0.2) is 0 Å². The third kappa shape index (κ3) is 3.38. The van der Waals surface area contributed by atoms with Crippen molar-refractivity contribution in [2.24, 2.45) is 0 Å². The Balaban J connectivity index is 2.11. The van der Waals surface area contributed by atoms with Crippen LogP contribution in [0.2, 0.25) is 0 Å². The summed E-state index contributed by atoms with van der Waals surface area (Å²) in [5.74, 6) is 0.981. The van der Waals surface area contributed by atoms with E-state index in [1.165, 1.54) is 16.7 Å². The molecule has 1 aromatic heterocycles. The zero-order valence-corrected chi connectivity index (χ0v) is 13.2. The molecule has 2 aromatic rings. The van der Waals surface area contributed by atoms with E-state index in [2.05, 4.69) is 53.9 Å². The third-order valence-electron chi connectivity index (χ3n) is 3.07. The largest absolute Gasteiger partial charge is 0.488 e. The average molecular weight is 323 g/mol. The van der Waals surface area contributed by atoms with Gasteiger partial charge in [0.15, 0.2) is 0 Å². The van der Waals surface area contributed by atoms with Crippen LogP contribution in [0.25, 0.3) is 0 Å². The van der Waals surface area contributed by atoms with Crippen molar-refractivity contribution in [1.29, 1.82) is 0 Å². The lowest BCUT2D eigenvalue weighted by atomic mass is 10.1. The van der Waals surface area contributed by atoms with E-state index in [0.29, 0.717) is 6.61 Å². The van der Waals surface area contributed by atoms with Crippen LogP contribution in [-0.2, 0) is 18.5 Å². The lowest BCUT2D eigenvalue weighted by Gasteiger charge is -2.12. The van der Waals surface area contributed by atoms with Crippen molar-refractivity contribution in [3.63, 3.8) is 0 Å². The Kier molecular flexibility index (Phi) is 4.64. The maximum absolute atomic E-state index is 5.94. The molecule has 0 amide bonds. The minimum absolute atomic E-state index is 0.565. The summed E-state index contributed by atoms with van der Waals surface area (Å²) < 4.78 is 7.85. The minimum Gasteiger partial charge on any atom is -0.488 e. The summed E-state index contributed by atoms with van der Waals surface area (Å²) in [5.41, 5.74) is 4.74. The van der Waals surface area contributed by atoms with Gasteiger partial charge < -0.3 is 4.74 Å². The first-order valence-electron chi connectivity index (χ1n) is 6.44. The van der Waals surface area contributed by atoms with Gasteiger partial charge in [0.25, 0.3) is 0 Å². The number of halogens is 1. The second kappa shape index (κ2) is 6.24. The summed E-state index contributed by atoms with van der Waals surface area (Å²) in [6.45, 7) is 7.70. The molecule has 0 saturated heterocycles. The highest BCUT2D eigenvalue weighted by Crippen LogP contribution is 2.26. The third-order valence-corrected chi connectivity index (χ3v) is 3.72. The fraction of sp³-hybridized carbons (Fsp3) is 0.400. The fourth-order valence-corrected chi connectivity index (χ4v) is 2.48. The first-order chi connectivity index (χ1) is 9.13. The molecule has 4 heteroatoms. The number of alkyl halides is 1. The number of nitrogens with zero attached hydrogens (tertiary/aromatic N) is 2. The molecule has 0 bridgehead atoms. The molecule has 19 heavy (non-hydrogen) atoms. The molecule has 0 atom stereocenters. The molecule has 0 radical (unpaired) electrons. The monoisotopic (exact) mass is 322 g/mol. The van der Waals surface area contributed by atoms with Gasteiger partial charge in [-0.1, -0.05) is 28.1 Å². The normalized spacial score (nSPS) is 10.7. The summed E-state index contributed by atoms with van der Waals surface area (Å²) in [6, 6.07) is 4.32. The van der Waals surface area contributed by atoms with Crippen molar-refractivity contribution in [2.75, 3.05) is 0 Å². The predicted octanol–water partition coefficient (Wildman–Crippen LogP) is 3.99. The van der Waals surface area contributed by atoms with Crippen molar-refractivity contribution in [3.8, 4) is 5.75 Å². The molecule has 2 rings (SSSR count). The molecular weight excluding hydrogens is 304 g/mol. The molecule has 0 fully saturated rings. The van der Waals surface area contributed by atoms with Gasteiger partial charge in [-0.3, -0.25) is 4.68 Å². The van der Waals surface area contributed by atoms with Crippen LogP contribution < -0.4 is 4.74 Å². The van der Waals surface area contributed by atoms with Crippen LogP contribution in [0.15, 0.2) is 24.5 Å². The average Bonchev–Trinajstić information content (AvgIpc) is 2.85. The van der Waals surface area contributed by atoms with E-state index in [1.807, 2.05) is 17.1 Å². The summed E-state index contributed by atoms with van der Waals surface area (Å²) >= 11 is 3.48. The summed E-state index contributed by atoms with van der Waals surface area (Å²) in [7, 11) is 0. The van der Waals surface area contributed by atoms with Gasteiger partial charge in [0, 0.05) is 23.6 Å². The number of aromatic nitrogens is 2. The minimum atomic E-state index is 0.565. The summed E-state index contributed by atoms with van der Waals surface area (Å²) in [6.07, 6.45) is 3.89. The molecule has 0 N–H and O–H groups in total. The molecule has 0 spiro atoms. The fourth-order valence-electron chi connectivity index (χ4n) is 2.15. The molecule has 0 saturated carbocycles. The predicted molar refractivity (Wildman–Crippen MR) is 80.8 cm³/mol. The van der Waals surface area contributed by atoms with Gasteiger partial charge in [0.1, 0.15) is 12.4 Å². The van der Waals surface area contributed by atoms with E-state index in [0.717, 1.165) is 23.2 Å². The molecule has 1 heterocycles. The molecule has 1 aromatic carbocycles. The zero-order valence-electron chi connectivity index (χ0n) is 11.6. The van der Waals surface area contributed by atoms with Crippen molar-refractivity contribution < 1.29 is 4.74 Å². The topological polar surface area (TPSA) is 27.1 Å². The Bertz CT molecular complexity index is 540. The first kappa shape index (κ1) is 14.1. The number of hydrogen-bond donors (Lipinski definition) is 0. The second-order valence-electron chi connectivity index (χ2n) is 4.69. The van der Waals surface area contributed by atoms with E-state index in [9.17, 15) is 0 Å². The van der Waals surface area contributed by atoms with Crippen LogP contribution in [0.1, 0.15) is 29.2 Å². The van der Waals surface area contributed by atoms with Crippen molar-refractivity contribution in [3.05, 3.63) is 46.8 Å². The van der Waals surface area contributed by atoms with Gasteiger partial charge in [0.2, 0.25) is 0 Å². The molecule has 0 unspecified atom stereocenters. The van der Waals surface area contributed by atoms with Gasteiger partial charge in [-0.05, 0) is 37.5 Å². The number of rotatable bonds is 5. The highest BCUT2D eigenvalue weighted by molar-refractivity contribution is 9.08. The van der Waals surface area contributed by atoms with Crippen LogP contribution in [0.5, 0.6) is 5.75 Å². The highest BCUT2D eigenvalue weighted by Gasteiger charge is 2.07. The van der Waals surface area contributed by atoms with Crippen LogP contribution in [-0.4, -0.2) is 9.78 Å². The zero-order chi connectivity index (χ0) is 13.8. The van der Waals surface area contributed by atoms with E-state index in [1.54, 1.807) is 0 Å². The molecule has 3 nitrogen and oxygen atoms in total. The molecule has 102 valence electrons. The molecule has 0 aliphatic heterocycles.